The number of hydrogen-bond donors (Lipinski definition) is 0. The molecule has 285 valence electrons. The van der Waals surface area contributed by atoms with E-state index in [2.05, 4.69) is 140 Å². The average molecular weight is 959 g/mol. The van der Waals surface area contributed by atoms with E-state index in [4.69, 9.17) is 24.4 Å². The topological polar surface area (TPSA) is 69.6 Å². The van der Waals surface area contributed by atoms with Gasteiger partial charge in [0, 0.05) is 42.4 Å². The summed E-state index contributed by atoms with van der Waals surface area (Å²) in [5.41, 5.74) is 12.1. The van der Waals surface area contributed by atoms with Crippen LogP contribution in [0.25, 0.3) is 55.7 Å². The average Bonchev–Trinajstić information content (AvgIpc) is 3.64. The Labute approximate surface area is 338 Å². The Morgan fingerprint density at radius 2 is 1.61 bits per heavy atom. The van der Waals surface area contributed by atoms with Gasteiger partial charge in [0.25, 0.3) is 0 Å². The molecule has 0 aliphatic heterocycles. The minimum Gasteiger partial charge on any atom is -0.486 e. The number of imidazole rings is 1. The number of nitrogens with zero attached hydrogens (tertiary/aromatic N) is 5. The molecule has 0 amide bonds. The molecule has 7 aromatic rings. The van der Waals surface area contributed by atoms with E-state index in [-0.39, 0.29) is 25.6 Å². The Hall–Kier alpha value is -3.65. The molecule has 0 saturated carbocycles. The van der Waals surface area contributed by atoms with Crippen LogP contribution >= 0.6 is 0 Å². The van der Waals surface area contributed by atoms with Crippen molar-refractivity contribution in [3.05, 3.63) is 101 Å². The smallest absolute Gasteiger partial charge is 0.216 e. The quantitative estimate of drug-likeness (QED) is 0.127. The van der Waals surface area contributed by atoms with E-state index in [1.807, 2.05) is 31.2 Å². The molecule has 0 bridgehead atoms. The summed E-state index contributed by atoms with van der Waals surface area (Å²) < 4.78 is 10.2. The molecule has 0 unspecified atom stereocenters. The zero-order valence-electron chi connectivity index (χ0n) is 34.5. The van der Waals surface area contributed by atoms with Gasteiger partial charge >= 0.3 is 132 Å². The molecule has 0 aliphatic carbocycles. The van der Waals surface area contributed by atoms with E-state index in [0.717, 1.165) is 79.1 Å². The van der Waals surface area contributed by atoms with Gasteiger partial charge in [-0.2, -0.15) is 0 Å². The number of hydrogen-bond acceptors (Lipinski definition) is 5. The van der Waals surface area contributed by atoms with Crippen LogP contribution < -0.4 is 4.40 Å². The van der Waals surface area contributed by atoms with Crippen LogP contribution in [0.5, 0.6) is 0 Å². The van der Waals surface area contributed by atoms with Crippen molar-refractivity contribution in [1.29, 1.82) is 0 Å². The molecule has 0 N–H and O–H groups in total. The first-order chi connectivity index (χ1) is 24.7. The second-order valence-electron chi connectivity index (χ2n) is 18.0. The van der Waals surface area contributed by atoms with Crippen molar-refractivity contribution in [2.75, 3.05) is 0 Å². The molecule has 8 heteroatoms. The van der Waals surface area contributed by atoms with Gasteiger partial charge in [-0.05, 0) is 58.7 Å². The molecule has 5 heterocycles. The summed E-state index contributed by atoms with van der Waals surface area (Å²) in [6.07, 6.45) is 3.24. The monoisotopic (exact) mass is 960 g/mol. The van der Waals surface area contributed by atoms with E-state index < -0.39 is 13.3 Å². The zero-order valence-corrected chi connectivity index (χ0v) is 39.0. The predicted octanol–water partition coefficient (Wildman–Crippen LogP) is 11.7. The molecular formula is C46H55GeIrN5O-2. The summed E-state index contributed by atoms with van der Waals surface area (Å²) in [6, 6.07) is 25.5. The maximum atomic E-state index is 6.42. The Morgan fingerprint density at radius 3 is 2.22 bits per heavy atom. The number of aromatic nitrogens is 5. The standard InChI is InChI=1S/C27H29N4O.C19H26GeN.Ir/c1-14(2)20-12-11-18-22-15(3)9-10-19(24(22)32-26(18)30-20)25-29-21-13-16(4)28-17(5)23(21)31(25)27(6,7)8;1-19(2,3)13-16-12-18(15-10-8-7-9-11-15)21-14-17(16)20(4,5)6;/h9,11-14H,1-8H3;7-10,12,14H,13H2,1-6H3;/q2*-1;. The summed E-state index contributed by atoms with van der Waals surface area (Å²) >= 11 is -1.90. The number of rotatable bonds is 5. The summed E-state index contributed by atoms with van der Waals surface area (Å²) in [4.78, 5) is 19.3. The van der Waals surface area contributed by atoms with Gasteiger partial charge in [0.15, 0.2) is 0 Å². The number of furan rings is 1. The molecule has 0 fully saturated rings. The Bertz CT molecular complexity index is 2440. The number of fused-ring (bicyclic) bond motifs is 4. The number of pyridine rings is 3. The molecule has 54 heavy (non-hydrogen) atoms. The van der Waals surface area contributed by atoms with Crippen molar-refractivity contribution in [3.63, 3.8) is 0 Å². The summed E-state index contributed by atoms with van der Waals surface area (Å²) in [7, 11) is 0. The molecule has 1 radical (unpaired) electrons. The summed E-state index contributed by atoms with van der Waals surface area (Å²) in [5.74, 6) is 8.51. The van der Waals surface area contributed by atoms with Crippen molar-refractivity contribution in [2.24, 2.45) is 5.41 Å². The van der Waals surface area contributed by atoms with Gasteiger partial charge in [-0.15, -0.1) is 17.7 Å². The fraction of sp³-hybridized carbons (Fsp3) is 0.391. The molecule has 6 nitrogen and oxygen atoms in total. The molecule has 0 saturated heterocycles. The first-order valence-corrected chi connectivity index (χ1v) is 26.2. The van der Waals surface area contributed by atoms with Gasteiger partial charge in [-0.3, -0.25) is 9.97 Å². The first-order valence-electron chi connectivity index (χ1n) is 18.8. The van der Waals surface area contributed by atoms with Crippen LogP contribution in [0.15, 0.2) is 65.2 Å². The van der Waals surface area contributed by atoms with Crippen LogP contribution in [-0.4, -0.2) is 37.8 Å². The van der Waals surface area contributed by atoms with E-state index >= 15 is 0 Å². The Morgan fingerprint density at radius 1 is 0.889 bits per heavy atom. The van der Waals surface area contributed by atoms with Crippen LogP contribution in [0.1, 0.15) is 89.5 Å². The number of benzene rings is 2. The third kappa shape index (κ3) is 8.59. The molecule has 0 spiro atoms. The van der Waals surface area contributed by atoms with Gasteiger partial charge < -0.3 is 8.98 Å². The van der Waals surface area contributed by atoms with E-state index in [1.54, 1.807) is 0 Å². The van der Waals surface area contributed by atoms with Gasteiger partial charge in [0.2, 0.25) is 5.71 Å². The second kappa shape index (κ2) is 15.5. The third-order valence-electron chi connectivity index (χ3n) is 9.56. The summed E-state index contributed by atoms with van der Waals surface area (Å²) in [6.45, 7) is 23.9. The van der Waals surface area contributed by atoms with Crippen LogP contribution in [-0.2, 0) is 32.1 Å². The maximum absolute atomic E-state index is 6.42. The summed E-state index contributed by atoms with van der Waals surface area (Å²) in [5, 5.41) is 2.11. The van der Waals surface area contributed by atoms with Crippen LogP contribution in [0, 0.1) is 38.3 Å². The normalized spacial score (nSPS) is 12.4. The van der Waals surface area contributed by atoms with E-state index in [0.29, 0.717) is 17.0 Å². The SMILES string of the molecule is CC(C)(C)Cc1cc(-c2[c-]cccc2)nc[c]1[Ge]([CH3])([CH3])[CH3].Cc1cc2nc(-c3[c-]cc(C)c4c3oc3nc(C(C)C)ccc34)n(C(C)(C)C)c2c(C)n1.[Ir]. The largest absolute Gasteiger partial charge is 0.486 e. The minimum atomic E-state index is -1.90. The van der Waals surface area contributed by atoms with Crippen molar-refractivity contribution in [2.45, 2.75) is 111 Å². The maximum Gasteiger partial charge on any atom is 0.216 e. The minimum absolute atomic E-state index is 0. The van der Waals surface area contributed by atoms with Crippen LogP contribution in [0.4, 0.5) is 0 Å². The van der Waals surface area contributed by atoms with E-state index in [1.165, 1.54) is 9.96 Å². The third-order valence-corrected chi connectivity index (χ3v) is 13.9. The molecular weight excluding hydrogens is 903 g/mol. The van der Waals surface area contributed by atoms with Gasteiger partial charge in [-0.1, -0.05) is 31.7 Å². The van der Waals surface area contributed by atoms with Crippen LogP contribution in [0.2, 0.25) is 17.3 Å². The first kappa shape index (κ1) is 41.5. The molecule has 0 aliphatic rings. The fourth-order valence-corrected chi connectivity index (χ4v) is 10.5. The van der Waals surface area contributed by atoms with Crippen LogP contribution in [0.3, 0.4) is 0 Å². The van der Waals surface area contributed by atoms with Crippen molar-refractivity contribution < 1.29 is 24.5 Å². The van der Waals surface area contributed by atoms with Gasteiger partial charge in [0.1, 0.15) is 0 Å². The van der Waals surface area contributed by atoms with E-state index in [9.17, 15) is 0 Å². The fourth-order valence-electron chi connectivity index (χ4n) is 7.21. The van der Waals surface area contributed by atoms with Gasteiger partial charge in [0.05, 0.1) is 28.1 Å². The van der Waals surface area contributed by atoms with Crippen molar-refractivity contribution >= 4 is 50.8 Å². The molecule has 2 aromatic carbocycles. The Kier molecular flexibility index (Phi) is 11.9. The zero-order chi connectivity index (χ0) is 38.6. The van der Waals surface area contributed by atoms with Gasteiger partial charge in [-0.25, -0.2) is 4.98 Å². The molecule has 0 atom stereocenters. The number of aryl methyl sites for hydroxylation is 3. The predicted molar refractivity (Wildman–Crippen MR) is 225 cm³/mol. The van der Waals surface area contributed by atoms with Crippen molar-refractivity contribution in [1.82, 2.24) is 24.5 Å². The van der Waals surface area contributed by atoms with Crippen molar-refractivity contribution in [3.8, 4) is 22.6 Å². The second-order valence-corrected chi connectivity index (χ2v) is 28.6. The molecule has 5 aromatic heterocycles. The molecule has 7 rings (SSSR count). The Balaban J connectivity index is 0.000000223.